The minimum absolute atomic E-state index is 0.0291. The van der Waals surface area contributed by atoms with E-state index in [1.807, 2.05) is 30.3 Å². The number of benzene rings is 3. The lowest BCUT2D eigenvalue weighted by atomic mass is 10.2. The molecule has 174 valence electrons. The van der Waals surface area contributed by atoms with E-state index < -0.39 is 16.0 Å². The first-order valence-corrected chi connectivity index (χ1v) is 11.7. The maximum Gasteiger partial charge on any atom is 0.338 e. The maximum atomic E-state index is 13.0. The summed E-state index contributed by atoms with van der Waals surface area (Å²) in [5, 5.41) is 0. The molecule has 1 heterocycles. The summed E-state index contributed by atoms with van der Waals surface area (Å²) < 4.78 is 43.2. The lowest BCUT2D eigenvalue weighted by molar-refractivity contribution is 0.0467. The topological polar surface area (TPSA) is 98.9 Å². The van der Waals surface area contributed by atoms with Crippen LogP contribution in [0.15, 0.2) is 94.4 Å². The zero-order valence-electron chi connectivity index (χ0n) is 18.5. The van der Waals surface area contributed by atoms with E-state index in [1.54, 1.807) is 24.3 Å². The summed E-state index contributed by atoms with van der Waals surface area (Å²) in [7, 11) is -0.952. The van der Waals surface area contributed by atoms with Crippen molar-refractivity contribution in [1.82, 2.24) is 4.98 Å². The van der Waals surface area contributed by atoms with Gasteiger partial charge in [-0.15, -0.1) is 0 Å². The summed E-state index contributed by atoms with van der Waals surface area (Å²) in [4.78, 5) is 16.8. The number of carbonyl (C=O) groups excluding carboxylic acids is 1. The van der Waals surface area contributed by atoms with E-state index in [4.69, 9.17) is 13.9 Å². The van der Waals surface area contributed by atoms with Crippen LogP contribution in [0.2, 0.25) is 0 Å². The van der Waals surface area contributed by atoms with Crippen molar-refractivity contribution >= 4 is 21.7 Å². The molecule has 0 bridgehead atoms. The van der Waals surface area contributed by atoms with Gasteiger partial charge < -0.3 is 13.9 Å². The number of oxazole rings is 1. The molecule has 8 nitrogen and oxygen atoms in total. The summed E-state index contributed by atoms with van der Waals surface area (Å²) in [6, 6.07) is 21.7. The highest BCUT2D eigenvalue weighted by Gasteiger charge is 2.24. The number of rotatable bonds is 8. The average molecular weight is 479 g/mol. The molecule has 4 aromatic rings. The second kappa shape index (κ2) is 9.80. The van der Waals surface area contributed by atoms with Crippen molar-refractivity contribution in [3.8, 4) is 17.2 Å². The molecule has 0 N–H and O–H groups in total. The first-order valence-electron chi connectivity index (χ1n) is 10.3. The van der Waals surface area contributed by atoms with Gasteiger partial charge in [-0.3, -0.25) is 4.31 Å². The van der Waals surface area contributed by atoms with Crippen molar-refractivity contribution in [3.63, 3.8) is 0 Å². The fourth-order valence-corrected chi connectivity index (χ4v) is 4.46. The molecule has 0 fully saturated rings. The van der Waals surface area contributed by atoms with Crippen LogP contribution >= 0.6 is 0 Å². The van der Waals surface area contributed by atoms with Gasteiger partial charge in [0.05, 0.1) is 23.3 Å². The number of nitrogens with zero attached hydrogens (tertiary/aromatic N) is 2. The van der Waals surface area contributed by atoms with E-state index in [-0.39, 0.29) is 17.1 Å². The number of methoxy groups -OCH3 is 1. The highest BCUT2D eigenvalue weighted by atomic mass is 32.2. The van der Waals surface area contributed by atoms with Crippen LogP contribution in [0, 0.1) is 0 Å². The Hall–Kier alpha value is -4.11. The second-order valence-corrected chi connectivity index (χ2v) is 9.22. The van der Waals surface area contributed by atoms with Crippen molar-refractivity contribution in [3.05, 3.63) is 96.4 Å². The Balaban J connectivity index is 1.43. The van der Waals surface area contributed by atoms with Crippen molar-refractivity contribution in [2.24, 2.45) is 0 Å². The molecule has 0 saturated carbocycles. The molecule has 0 atom stereocenters. The molecule has 1 aromatic heterocycles. The van der Waals surface area contributed by atoms with Gasteiger partial charge >= 0.3 is 5.97 Å². The Bertz CT molecular complexity index is 1380. The molecule has 0 aliphatic rings. The Morgan fingerprint density at radius 3 is 2.35 bits per heavy atom. The summed E-state index contributed by atoms with van der Waals surface area (Å²) in [6.07, 6.45) is 1.43. The van der Waals surface area contributed by atoms with Crippen molar-refractivity contribution in [1.29, 1.82) is 0 Å². The molecule has 0 aliphatic carbocycles. The Labute approximate surface area is 197 Å². The van der Waals surface area contributed by atoms with Gasteiger partial charge in [-0.2, -0.15) is 0 Å². The lowest BCUT2D eigenvalue weighted by Crippen LogP contribution is -2.27. The third-order valence-corrected chi connectivity index (χ3v) is 6.88. The number of carbonyl (C=O) groups is 1. The SMILES string of the molecule is COc1ccccc1N(C)S(=O)(=O)c1ccc(C(=O)OCc2coc(-c3ccccc3)n2)cc1. The van der Waals surface area contributed by atoms with Gasteiger partial charge in [0, 0.05) is 12.6 Å². The molecule has 4 rings (SSSR count). The largest absolute Gasteiger partial charge is 0.495 e. The van der Waals surface area contributed by atoms with Crippen LogP contribution in [0.5, 0.6) is 5.75 Å². The number of para-hydroxylation sites is 2. The monoisotopic (exact) mass is 478 g/mol. The zero-order chi connectivity index (χ0) is 24.1. The van der Waals surface area contributed by atoms with Gasteiger partial charge in [0.1, 0.15) is 24.3 Å². The van der Waals surface area contributed by atoms with Crippen LogP contribution in [-0.4, -0.2) is 33.5 Å². The number of ether oxygens (including phenoxy) is 2. The fourth-order valence-electron chi connectivity index (χ4n) is 3.25. The number of sulfonamides is 1. The third kappa shape index (κ3) is 4.79. The van der Waals surface area contributed by atoms with Crippen molar-refractivity contribution in [2.45, 2.75) is 11.5 Å². The van der Waals surface area contributed by atoms with Crippen LogP contribution in [-0.2, 0) is 21.4 Å². The van der Waals surface area contributed by atoms with Gasteiger partial charge in [0.2, 0.25) is 5.89 Å². The quantitative estimate of drug-likeness (QED) is 0.343. The van der Waals surface area contributed by atoms with E-state index in [2.05, 4.69) is 4.98 Å². The highest BCUT2D eigenvalue weighted by Crippen LogP contribution is 2.31. The van der Waals surface area contributed by atoms with Crippen molar-refractivity contribution in [2.75, 3.05) is 18.5 Å². The van der Waals surface area contributed by atoms with Crippen LogP contribution < -0.4 is 9.04 Å². The zero-order valence-corrected chi connectivity index (χ0v) is 19.4. The molecule has 0 radical (unpaired) electrons. The predicted octanol–water partition coefficient (Wildman–Crippen LogP) is 4.53. The summed E-state index contributed by atoms with van der Waals surface area (Å²) in [6.45, 7) is -0.0776. The van der Waals surface area contributed by atoms with Crippen LogP contribution in [0.4, 0.5) is 5.69 Å². The van der Waals surface area contributed by atoms with Crippen LogP contribution in [0.25, 0.3) is 11.5 Å². The highest BCUT2D eigenvalue weighted by molar-refractivity contribution is 7.92. The first kappa shape index (κ1) is 23.1. The summed E-state index contributed by atoms with van der Waals surface area (Å²) in [5.74, 6) is 0.253. The normalized spacial score (nSPS) is 11.1. The molecule has 0 spiro atoms. The lowest BCUT2D eigenvalue weighted by Gasteiger charge is -2.21. The number of aromatic nitrogens is 1. The van der Waals surface area contributed by atoms with E-state index in [0.29, 0.717) is 23.0 Å². The standard InChI is InChI=1S/C25H22N2O6S/c1-27(22-10-6-7-11-23(22)31-2)34(29,30)21-14-12-19(13-15-21)25(28)33-17-20-16-32-24(26-20)18-8-4-3-5-9-18/h3-16H,17H2,1-2H3. The fraction of sp³-hybridized carbons (Fsp3) is 0.120. The minimum Gasteiger partial charge on any atom is -0.495 e. The predicted molar refractivity (Wildman–Crippen MR) is 126 cm³/mol. The molecule has 3 aromatic carbocycles. The molecular formula is C25H22N2O6S. The van der Waals surface area contributed by atoms with Gasteiger partial charge in [0.15, 0.2) is 0 Å². The summed E-state index contributed by atoms with van der Waals surface area (Å²) >= 11 is 0. The number of hydrogen-bond donors (Lipinski definition) is 0. The van der Waals surface area contributed by atoms with Gasteiger partial charge in [-0.25, -0.2) is 18.2 Å². The van der Waals surface area contributed by atoms with Gasteiger partial charge in [-0.1, -0.05) is 30.3 Å². The number of anilines is 1. The number of hydrogen-bond acceptors (Lipinski definition) is 7. The molecule has 0 aliphatic heterocycles. The summed E-state index contributed by atoms with van der Waals surface area (Å²) in [5.41, 5.74) is 1.89. The maximum absolute atomic E-state index is 13.0. The van der Waals surface area contributed by atoms with Crippen LogP contribution in [0.3, 0.4) is 0 Å². The molecule has 0 unspecified atom stereocenters. The average Bonchev–Trinajstić information content (AvgIpc) is 3.36. The second-order valence-electron chi connectivity index (χ2n) is 7.25. The molecule has 0 saturated heterocycles. The Kier molecular flexibility index (Phi) is 6.65. The van der Waals surface area contributed by atoms with E-state index in [9.17, 15) is 13.2 Å². The van der Waals surface area contributed by atoms with E-state index >= 15 is 0 Å². The minimum atomic E-state index is -3.87. The van der Waals surface area contributed by atoms with E-state index in [1.165, 1.54) is 44.7 Å². The molecular weight excluding hydrogens is 456 g/mol. The Morgan fingerprint density at radius 1 is 0.971 bits per heavy atom. The Morgan fingerprint density at radius 2 is 1.65 bits per heavy atom. The van der Waals surface area contributed by atoms with Crippen LogP contribution in [0.1, 0.15) is 16.1 Å². The van der Waals surface area contributed by atoms with Crippen molar-refractivity contribution < 1.29 is 27.1 Å². The third-order valence-electron chi connectivity index (χ3n) is 5.10. The smallest absolute Gasteiger partial charge is 0.338 e. The molecule has 0 amide bonds. The molecule has 9 heteroatoms. The van der Waals surface area contributed by atoms with Gasteiger partial charge in [0.25, 0.3) is 10.0 Å². The van der Waals surface area contributed by atoms with E-state index in [0.717, 1.165) is 9.87 Å². The first-order chi connectivity index (χ1) is 16.4. The molecule has 34 heavy (non-hydrogen) atoms. The number of esters is 1. The van der Waals surface area contributed by atoms with Gasteiger partial charge in [-0.05, 0) is 48.5 Å².